The number of amides is 3. The van der Waals surface area contributed by atoms with E-state index >= 15 is 0 Å². The molecule has 0 aliphatic heterocycles. The summed E-state index contributed by atoms with van der Waals surface area (Å²) in [4.78, 5) is 34.8. The van der Waals surface area contributed by atoms with Crippen LogP contribution in [-0.2, 0) is 20.9 Å². The lowest BCUT2D eigenvalue weighted by Crippen LogP contribution is -2.35. The van der Waals surface area contributed by atoms with Crippen molar-refractivity contribution in [2.75, 3.05) is 11.9 Å². The van der Waals surface area contributed by atoms with Gasteiger partial charge >= 0.3 is 6.09 Å². The minimum absolute atomic E-state index is 0.159. The Kier molecular flexibility index (Phi) is 7.83. The molecule has 0 aliphatic rings. The summed E-state index contributed by atoms with van der Waals surface area (Å²) in [6, 6.07) is 7.14. The predicted octanol–water partition coefficient (Wildman–Crippen LogP) is 2.73. The van der Waals surface area contributed by atoms with Gasteiger partial charge in [-0.2, -0.15) is 0 Å². The molecular formula is C19H27N3O4. The van der Waals surface area contributed by atoms with E-state index < -0.39 is 11.7 Å². The summed E-state index contributed by atoms with van der Waals surface area (Å²) in [5.74, 6) is -0.413. The van der Waals surface area contributed by atoms with Crippen molar-refractivity contribution in [1.29, 1.82) is 0 Å². The van der Waals surface area contributed by atoms with Crippen molar-refractivity contribution < 1.29 is 19.1 Å². The lowest BCUT2D eigenvalue weighted by molar-refractivity contribution is -0.121. The van der Waals surface area contributed by atoms with E-state index in [-0.39, 0.29) is 24.8 Å². The van der Waals surface area contributed by atoms with E-state index in [9.17, 15) is 14.4 Å². The lowest BCUT2D eigenvalue weighted by Gasteiger charge is -2.19. The van der Waals surface area contributed by atoms with Crippen LogP contribution in [0.4, 0.5) is 10.5 Å². The smallest absolute Gasteiger partial charge is 0.407 e. The third-order valence-corrected chi connectivity index (χ3v) is 3.11. The highest BCUT2D eigenvalue weighted by molar-refractivity contribution is 6.02. The molecule has 7 nitrogen and oxygen atoms in total. The molecule has 0 atom stereocenters. The molecule has 0 heterocycles. The number of alkyl carbamates (subject to hydrolysis) is 1. The maximum atomic E-state index is 11.8. The van der Waals surface area contributed by atoms with E-state index in [1.54, 1.807) is 39.8 Å². The van der Waals surface area contributed by atoms with Gasteiger partial charge < -0.3 is 20.7 Å². The van der Waals surface area contributed by atoms with Crippen LogP contribution in [0.5, 0.6) is 0 Å². The third-order valence-electron chi connectivity index (χ3n) is 3.11. The largest absolute Gasteiger partial charge is 0.444 e. The van der Waals surface area contributed by atoms with Crippen LogP contribution >= 0.6 is 0 Å². The van der Waals surface area contributed by atoms with Gasteiger partial charge in [0.1, 0.15) is 5.60 Å². The monoisotopic (exact) mass is 361 g/mol. The van der Waals surface area contributed by atoms with Crippen molar-refractivity contribution in [3.63, 3.8) is 0 Å². The standard InChI is InChI=1S/C19H27N3O4/c1-13(2)17(24)22-15-8-6-14(7-9-15)12-21-16(23)10-11-20-18(25)26-19(3,4)5/h6-9H,1,10-12H2,2-5H3,(H,20,25)(H,21,23)(H,22,24). The number of ether oxygens (including phenoxy) is 1. The molecule has 7 heteroatoms. The molecule has 0 unspecified atom stereocenters. The Balaban J connectivity index is 2.31. The fraction of sp³-hybridized carbons (Fsp3) is 0.421. The van der Waals surface area contributed by atoms with Gasteiger partial charge in [-0.15, -0.1) is 0 Å². The van der Waals surface area contributed by atoms with Crippen LogP contribution < -0.4 is 16.0 Å². The molecule has 0 spiro atoms. The summed E-state index contributed by atoms with van der Waals surface area (Å²) < 4.78 is 5.09. The van der Waals surface area contributed by atoms with Crippen LogP contribution in [0, 0.1) is 0 Å². The van der Waals surface area contributed by atoms with E-state index in [1.807, 2.05) is 12.1 Å². The molecule has 0 radical (unpaired) electrons. The molecule has 1 aromatic rings. The van der Waals surface area contributed by atoms with Gasteiger partial charge in [0, 0.05) is 30.8 Å². The molecule has 0 aromatic heterocycles. The Morgan fingerprint density at radius 2 is 1.69 bits per heavy atom. The van der Waals surface area contributed by atoms with Crippen molar-refractivity contribution in [2.24, 2.45) is 0 Å². The van der Waals surface area contributed by atoms with E-state index in [0.717, 1.165) is 5.56 Å². The van der Waals surface area contributed by atoms with E-state index in [1.165, 1.54) is 0 Å². The van der Waals surface area contributed by atoms with Crippen LogP contribution in [0.15, 0.2) is 36.4 Å². The summed E-state index contributed by atoms with van der Waals surface area (Å²) in [5, 5.41) is 8.01. The number of anilines is 1. The molecular weight excluding hydrogens is 334 g/mol. The van der Waals surface area contributed by atoms with Gasteiger partial charge in [0.15, 0.2) is 0 Å². The highest BCUT2D eigenvalue weighted by atomic mass is 16.6. The average Bonchev–Trinajstić information content (AvgIpc) is 2.52. The molecule has 0 saturated heterocycles. The van der Waals surface area contributed by atoms with Gasteiger partial charge in [0.2, 0.25) is 5.91 Å². The first kappa shape index (κ1) is 21.2. The van der Waals surface area contributed by atoms with Gasteiger partial charge in [-0.3, -0.25) is 9.59 Å². The molecule has 26 heavy (non-hydrogen) atoms. The zero-order valence-corrected chi connectivity index (χ0v) is 15.8. The second-order valence-corrected chi connectivity index (χ2v) is 6.89. The topological polar surface area (TPSA) is 96.5 Å². The summed E-state index contributed by atoms with van der Waals surface area (Å²) in [5.41, 5.74) is 1.42. The Labute approximate surface area is 154 Å². The normalized spacial score (nSPS) is 10.6. The molecule has 1 aromatic carbocycles. The maximum absolute atomic E-state index is 11.8. The van der Waals surface area contributed by atoms with E-state index in [4.69, 9.17) is 4.74 Å². The minimum atomic E-state index is -0.567. The van der Waals surface area contributed by atoms with Gasteiger partial charge in [-0.25, -0.2) is 4.79 Å². The van der Waals surface area contributed by atoms with Crippen LogP contribution in [-0.4, -0.2) is 30.1 Å². The molecule has 3 N–H and O–H groups in total. The predicted molar refractivity (Wildman–Crippen MR) is 101 cm³/mol. The number of hydrogen-bond donors (Lipinski definition) is 3. The van der Waals surface area contributed by atoms with Crippen molar-refractivity contribution in [3.8, 4) is 0 Å². The molecule has 142 valence electrons. The zero-order chi connectivity index (χ0) is 19.7. The highest BCUT2D eigenvalue weighted by Crippen LogP contribution is 2.10. The quantitative estimate of drug-likeness (QED) is 0.651. The molecule has 1 rings (SSSR count). The van der Waals surface area contributed by atoms with Crippen LogP contribution in [0.2, 0.25) is 0 Å². The molecule has 0 saturated carbocycles. The van der Waals surface area contributed by atoms with Crippen LogP contribution in [0.1, 0.15) is 39.7 Å². The fourth-order valence-electron chi connectivity index (χ4n) is 1.83. The average molecular weight is 361 g/mol. The first-order valence-electron chi connectivity index (χ1n) is 8.36. The van der Waals surface area contributed by atoms with Crippen molar-refractivity contribution in [1.82, 2.24) is 10.6 Å². The zero-order valence-electron chi connectivity index (χ0n) is 15.8. The summed E-state index contributed by atoms with van der Waals surface area (Å²) in [6.07, 6.45) is -0.385. The summed E-state index contributed by atoms with van der Waals surface area (Å²) in [6.45, 7) is 11.1. The second-order valence-electron chi connectivity index (χ2n) is 6.89. The Bertz CT molecular complexity index is 660. The number of benzene rings is 1. The van der Waals surface area contributed by atoms with Gasteiger partial charge in [-0.1, -0.05) is 18.7 Å². The van der Waals surface area contributed by atoms with Gasteiger partial charge in [-0.05, 0) is 45.4 Å². The van der Waals surface area contributed by atoms with Crippen LogP contribution in [0.3, 0.4) is 0 Å². The lowest BCUT2D eigenvalue weighted by atomic mass is 10.2. The number of carbonyl (C=O) groups excluding carboxylic acids is 3. The highest BCUT2D eigenvalue weighted by Gasteiger charge is 2.15. The Morgan fingerprint density at radius 1 is 1.08 bits per heavy atom. The third kappa shape index (κ3) is 8.86. The maximum Gasteiger partial charge on any atom is 0.407 e. The molecule has 3 amide bonds. The van der Waals surface area contributed by atoms with Crippen LogP contribution in [0.25, 0.3) is 0 Å². The minimum Gasteiger partial charge on any atom is -0.444 e. The van der Waals surface area contributed by atoms with Gasteiger partial charge in [0.25, 0.3) is 5.91 Å². The SMILES string of the molecule is C=C(C)C(=O)Nc1ccc(CNC(=O)CCNC(=O)OC(C)(C)C)cc1. The number of rotatable bonds is 7. The van der Waals surface area contributed by atoms with Gasteiger partial charge in [0.05, 0.1) is 0 Å². The van der Waals surface area contributed by atoms with Crippen molar-refractivity contribution in [3.05, 3.63) is 42.0 Å². The Morgan fingerprint density at radius 3 is 2.23 bits per heavy atom. The Hall–Kier alpha value is -2.83. The van der Waals surface area contributed by atoms with E-state index in [2.05, 4.69) is 22.5 Å². The first-order chi connectivity index (χ1) is 12.1. The fourth-order valence-corrected chi connectivity index (χ4v) is 1.83. The second kappa shape index (κ2) is 9.60. The number of carbonyl (C=O) groups is 3. The number of nitrogens with one attached hydrogen (secondary N) is 3. The first-order valence-corrected chi connectivity index (χ1v) is 8.36. The summed E-state index contributed by atoms with van der Waals surface area (Å²) in [7, 11) is 0. The molecule has 0 aliphatic carbocycles. The molecule has 0 fully saturated rings. The van der Waals surface area contributed by atoms with Crippen molar-refractivity contribution in [2.45, 2.75) is 46.3 Å². The van der Waals surface area contributed by atoms with Crippen molar-refractivity contribution >= 4 is 23.6 Å². The summed E-state index contributed by atoms with van der Waals surface area (Å²) >= 11 is 0. The molecule has 0 bridgehead atoms. The van der Waals surface area contributed by atoms with E-state index in [0.29, 0.717) is 17.8 Å². The number of hydrogen-bond acceptors (Lipinski definition) is 4.